The summed E-state index contributed by atoms with van der Waals surface area (Å²) in [5, 5.41) is 2.82. The topological polar surface area (TPSA) is 66.5 Å². The highest BCUT2D eigenvalue weighted by Gasteiger charge is 2.41. The van der Waals surface area contributed by atoms with Crippen LogP contribution in [0.3, 0.4) is 0 Å². The van der Waals surface area contributed by atoms with Gasteiger partial charge in [-0.15, -0.1) is 0 Å². The molecule has 1 aromatic carbocycles. The van der Waals surface area contributed by atoms with Crippen LogP contribution in [0.5, 0.6) is 0 Å². The summed E-state index contributed by atoms with van der Waals surface area (Å²) in [6, 6.07) is 4.98. The second-order valence-electron chi connectivity index (χ2n) is 7.25. The van der Waals surface area contributed by atoms with Crippen molar-refractivity contribution < 1.29 is 13.2 Å². The molecule has 2 unspecified atom stereocenters. The largest absolute Gasteiger partial charge is 0.325 e. The summed E-state index contributed by atoms with van der Waals surface area (Å²) in [4.78, 5) is 12.3. The molecule has 2 aliphatic heterocycles. The average Bonchev–Trinajstić information content (AvgIpc) is 2.68. The van der Waals surface area contributed by atoms with Gasteiger partial charge < -0.3 is 5.32 Å². The number of sulfonamides is 1. The second kappa shape index (κ2) is 5.31. The van der Waals surface area contributed by atoms with Crippen LogP contribution in [0.4, 0.5) is 5.69 Å². The summed E-state index contributed by atoms with van der Waals surface area (Å²) >= 11 is 0. The maximum Gasteiger partial charge on any atom is 0.243 e. The fraction of sp³-hybridized carbons (Fsp3) is 0.588. The van der Waals surface area contributed by atoms with Crippen LogP contribution in [0, 0.1) is 0 Å². The molecular weight excluding hydrogens is 312 g/mol. The van der Waals surface area contributed by atoms with E-state index in [1.807, 2.05) is 27.7 Å². The highest BCUT2D eigenvalue weighted by atomic mass is 32.2. The zero-order valence-electron chi connectivity index (χ0n) is 14.1. The lowest BCUT2D eigenvalue weighted by Crippen LogP contribution is -2.47. The van der Waals surface area contributed by atoms with Crippen LogP contribution in [0.1, 0.15) is 52.5 Å². The van der Waals surface area contributed by atoms with E-state index in [2.05, 4.69) is 5.32 Å². The molecular formula is C17H24N2O3S. The van der Waals surface area contributed by atoms with Crippen LogP contribution in [-0.4, -0.2) is 30.7 Å². The lowest BCUT2D eigenvalue weighted by atomic mass is 9.86. The van der Waals surface area contributed by atoms with E-state index in [0.29, 0.717) is 5.69 Å². The Balaban J connectivity index is 2.06. The molecule has 0 aromatic heterocycles. The summed E-state index contributed by atoms with van der Waals surface area (Å²) < 4.78 is 27.9. The third-order valence-corrected chi connectivity index (χ3v) is 7.29. The number of rotatable bonds is 2. The smallest absolute Gasteiger partial charge is 0.243 e. The number of piperidine rings is 1. The van der Waals surface area contributed by atoms with Gasteiger partial charge in [0.1, 0.15) is 0 Å². The predicted molar refractivity (Wildman–Crippen MR) is 89.9 cm³/mol. The summed E-state index contributed by atoms with van der Waals surface area (Å²) in [5.41, 5.74) is 0.750. The number of amides is 1. The van der Waals surface area contributed by atoms with Crippen molar-refractivity contribution in [3.8, 4) is 0 Å². The lowest BCUT2D eigenvalue weighted by molar-refractivity contribution is -0.119. The van der Waals surface area contributed by atoms with E-state index >= 15 is 0 Å². The Hall–Kier alpha value is -1.40. The molecule has 3 rings (SSSR count). The standard InChI is InChI=1S/C17H24N2O3S/c1-11-6-5-7-12(2)19(11)23(21,22)13-8-9-15-14(10-13)17(3,4)16(20)18-15/h8-12H,5-7H2,1-4H3,(H,18,20). The van der Waals surface area contributed by atoms with E-state index in [-0.39, 0.29) is 22.9 Å². The summed E-state index contributed by atoms with van der Waals surface area (Å²) in [6.45, 7) is 7.57. The van der Waals surface area contributed by atoms with Crippen molar-refractivity contribution in [2.45, 2.75) is 69.4 Å². The first-order valence-electron chi connectivity index (χ1n) is 8.15. The van der Waals surface area contributed by atoms with E-state index in [1.54, 1.807) is 22.5 Å². The van der Waals surface area contributed by atoms with Gasteiger partial charge >= 0.3 is 0 Å². The molecule has 0 spiro atoms. The Morgan fingerprint density at radius 1 is 1.17 bits per heavy atom. The summed E-state index contributed by atoms with van der Waals surface area (Å²) in [7, 11) is -3.56. The molecule has 1 N–H and O–H groups in total. The van der Waals surface area contributed by atoms with Crippen LogP contribution >= 0.6 is 0 Å². The minimum Gasteiger partial charge on any atom is -0.325 e. The van der Waals surface area contributed by atoms with Gasteiger partial charge in [0.05, 0.1) is 10.3 Å². The average molecular weight is 336 g/mol. The van der Waals surface area contributed by atoms with Gasteiger partial charge in [0.15, 0.2) is 0 Å². The van der Waals surface area contributed by atoms with Crippen molar-refractivity contribution in [3.63, 3.8) is 0 Å². The van der Waals surface area contributed by atoms with Gasteiger partial charge in [0, 0.05) is 17.8 Å². The molecule has 126 valence electrons. The Bertz CT molecular complexity index is 745. The molecule has 2 atom stereocenters. The molecule has 0 radical (unpaired) electrons. The van der Waals surface area contributed by atoms with E-state index < -0.39 is 15.4 Å². The normalized spacial score (nSPS) is 27.6. The number of hydrogen-bond donors (Lipinski definition) is 1. The number of fused-ring (bicyclic) bond motifs is 1. The number of nitrogens with zero attached hydrogens (tertiary/aromatic N) is 1. The van der Waals surface area contributed by atoms with Crippen LogP contribution < -0.4 is 5.32 Å². The van der Waals surface area contributed by atoms with Gasteiger partial charge in [-0.25, -0.2) is 8.42 Å². The fourth-order valence-corrected chi connectivity index (χ4v) is 5.61. The van der Waals surface area contributed by atoms with Crippen molar-refractivity contribution in [3.05, 3.63) is 23.8 Å². The Kier molecular flexibility index (Phi) is 3.80. The number of hydrogen-bond acceptors (Lipinski definition) is 3. The molecule has 1 saturated heterocycles. The summed E-state index contributed by atoms with van der Waals surface area (Å²) in [5.74, 6) is -0.0956. The highest BCUT2D eigenvalue weighted by Crippen LogP contribution is 2.39. The van der Waals surface area contributed by atoms with Crippen LogP contribution in [-0.2, 0) is 20.2 Å². The highest BCUT2D eigenvalue weighted by molar-refractivity contribution is 7.89. The Morgan fingerprint density at radius 2 is 1.78 bits per heavy atom. The van der Waals surface area contributed by atoms with Gasteiger partial charge in [-0.05, 0) is 64.3 Å². The number of anilines is 1. The monoisotopic (exact) mass is 336 g/mol. The van der Waals surface area contributed by atoms with Gasteiger partial charge in [-0.1, -0.05) is 6.42 Å². The van der Waals surface area contributed by atoms with Gasteiger partial charge in [0.25, 0.3) is 0 Å². The zero-order valence-corrected chi connectivity index (χ0v) is 14.9. The van der Waals surface area contributed by atoms with Gasteiger partial charge in [-0.2, -0.15) is 4.31 Å². The third kappa shape index (κ3) is 2.48. The number of carbonyl (C=O) groups excluding carboxylic acids is 1. The molecule has 2 aliphatic rings. The van der Waals surface area contributed by atoms with Crippen LogP contribution in [0.25, 0.3) is 0 Å². The molecule has 5 nitrogen and oxygen atoms in total. The number of benzene rings is 1. The van der Waals surface area contributed by atoms with Crippen molar-refractivity contribution in [1.29, 1.82) is 0 Å². The third-order valence-electron chi connectivity index (χ3n) is 5.17. The van der Waals surface area contributed by atoms with Gasteiger partial charge in [-0.3, -0.25) is 4.79 Å². The molecule has 0 saturated carbocycles. The van der Waals surface area contributed by atoms with Crippen molar-refractivity contribution in [2.75, 3.05) is 5.32 Å². The van der Waals surface area contributed by atoms with Crippen molar-refractivity contribution >= 4 is 21.6 Å². The lowest BCUT2D eigenvalue weighted by Gasteiger charge is -2.37. The molecule has 1 amide bonds. The van der Waals surface area contributed by atoms with E-state index in [0.717, 1.165) is 24.8 Å². The van der Waals surface area contributed by atoms with Crippen molar-refractivity contribution in [2.24, 2.45) is 0 Å². The fourth-order valence-electron chi connectivity index (χ4n) is 3.70. The minimum atomic E-state index is -3.56. The molecule has 1 fully saturated rings. The van der Waals surface area contributed by atoms with Gasteiger partial charge in [0.2, 0.25) is 15.9 Å². The molecule has 1 aromatic rings. The Morgan fingerprint density at radius 3 is 2.39 bits per heavy atom. The van der Waals surface area contributed by atoms with Crippen molar-refractivity contribution in [1.82, 2.24) is 4.31 Å². The first-order valence-corrected chi connectivity index (χ1v) is 9.59. The number of nitrogens with one attached hydrogen (secondary N) is 1. The molecule has 0 aliphatic carbocycles. The minimum absolute atomic E-state index is 0.00442. The Labute approximate surface area is 138 Å². The summed E-state index contributed by atoms with van der Waals surface area (Å²) in [6.07, 6.45) is 2.84. The molecule has 23 heavy (non-hydrogen) atoms. The second-order valence-corrected chi connectivity index (χ2v) is 9.09. The van der Waals surface area contributed by atoms with E-state index in [9.17, 15) is 13.2 Å². The zero-order chi connectivity index (χ0) is 17.0. The predicted octanol–water partition coefficient (Wildman–Crippen LogP) is 2.87. The maximum absolute atomic E-state index is 13.1. The first kappa shape index (κ1) is 16.5. The molecule has 6 heteroatoms. The molecule has 2 heterocycles. The number of carbonyl (C=O) groups is 1. The van der Waals surface area contributed by atoms with E-state index in [1.165, 1.54) is 0 Å². The maximum atomic E-state index is 13.1. The van der Waals surface area contributed by atoms with Crippen LogP contribution in [0.2, 0.25) is 0 Å². The SMILES string of the molecule is CC1CCCC(C)N1S(=O)(=O)c1ccc2c(c1)C(C)(C)C(=O)N2. The quantitative estimate of drug-likeness (QED) is 0.903. The molecule has 0 bridgehead atoms. The van der Waals surface area contributed by atoms with Crippen LogP contribution in [0.15, 0.2) is 23.1 Å². The van der Waals surface area contributed by atoms with E-state index in [4.69, 9.17) is 0 Å². The first-order chi connectivity index (χ1) is 10.7.